The molecule has 1 aliphatic rings. The fraction of sp³-hybridized carbons (Fsp3) is 0.333. The summed E-state index contributed by atoms with van der Waals surface area (Å²) in [5, 5.41) is 0. The molecule has 2 aromatic carbocycles. The van der Waals surface area contributed by atoms with Gasteiger partial charge in [0.25, 0.3) is 0 Å². The van der Waals surface area contributed by atoms with E-state index in [1.807, 2.05) is 13.1 Å². The van der Waals surface area contributed by atoms with Crippen LogP contribution in [0.2, 0.25) is 0 Å². The molecular weight excluding hydrogens is 308 g/mol. The fourth-order valence-corrected chi connectivity index (χ4v) is 3.76. The lowest BCUT2D eigenvalue weighted by molar-refractivity contribution is 0.731. The molecule has 0 amide bonds. The van der Waals surface area contributed by atoms with Crippen molar-refractivity contribution in [3.05, 3.63) is 63.3 Å². The van der Waals surface area contributed by atoms with E-state index in [1.54, 1.807) is 6.07 Å². The van der Waals surface area contributed by atoms with Crippen LogP contribution in [0.1, 0.15) is 29.2 Å². The van der Waals surface area contributed by atoms with Gasteiger partial charge in [0, 0.05) is 18.4 Å². The van der Waals surface area contributed by atoms with E-state index in [0.717, 1.165) is 11.4 Å². The molecule has 0 bridgehead atoms. The van der Waals surface area contributed by atoms with Crippen LogP contribution in [0, 0.1) is 40.8 Å². The van der Waals surface area contributed by atoms with E-state index < -0.39 is 0 Å². The summed E-state index contributed by atoms with van der Waals surface area (Å²) in [4.78, 5) is 11.7. The van der Waals surface area contributed by atoms with Gasteiger partial charge in [0.05, 0.1) is 18.8 Å². The number of hydrogen-bond acceptors (Lipinski definition) is 2. The van der Waals surface area contributed by atoms with Crippen molar-refractivity contribution in [2.75, 3.05) is 16.8 Å². The maximum absolute atomic E-state index is 7.63. The minimum Gasteiger partial charge on any atom is -0.355 e. The Kier molecular flexibility index (Phi) is 3.93. The molecular formula is C21H22N4. The molecule has 0 unspecified atom stereocenters. The van der Waals surface area contributed by atoms with Crippen molar-refractivity contribution in [1.82, 2.24) is 0 Å². The van der Waals surface area contributed by atoms with E-state index in [2.05, 4.69) is 60.2 Å². The third-order valence-electron chi connectivity index (χ3n) is 5.42. The number of fused-ring (bicyclic) bond motifs is 1. The summed E-state index contributed by atoms with van der Waals surface area (Å²) in [6, 6.07) is 5.80. The van der Waals surface area contributed by atoms with E-state index in [9.17, 15) is 0 Å². The summed E-state index contributed by atoms with van der Waals surface area (Å²) in [6.45, 7) is 25.7. The van der Waals surface area contributed by atoms with Gasteiger partial charge in [-0.05, 0) is 69.0 Å². The summed E-state index contributed by atoms with van der Waals surface area (Å²) in [5.41, 5.74) is 9.10. The molecule has 2 aromatic rings. The minimum absolute atomic E-state index is 0.0796. The monoisotopic (exact) mass is 330 g/mol. The average molecular weight is 330 g/mol. The first kappa shape index (κ1) is 16.9. The van der Waals surface area contributed by atoms with Gasteiger partial charge in [-0.2, -0.15) is 0 Å². The van der Waals surface area contributed by atoms with Crippen molar-refractivity contribution >= 4 is 28.4 Å². The van der Waals surface area contributed by atoms with Crippen LogP contribution in [0.15, 0.2) is 18.2 Å². The molecule has 4 nitrogen and oxygen atoms in total. The standard InChI is InChI=1S/C21H22N4/c1-12-9-13(2)20(15(4)14(12)3)25-16(5)24(8)19-11-17(22-6)10-18(23-7)21(19)25/h9-11,16H,1-5,8H3/t16-/m0/s1. The number of rotatable bonds is 1. The highest BCUT2D eigenvalue weighted by Gasteiger charge is 2.35. The Hall–Kier alpha value is -2.98. The summed E-state index contributed by atoms with van der Waals surface area (Å²) < 4.78 is 0. The fourth-order valence-electron chi connectivity index (χ4n) is 3.76. The molecule has 0 aromatic heterocycles. The highest BCUT2D eigenvalue weighted by Crippen LogP contribution is 2.52. The van der Waals surface area contributed by atoms with Gasteiger partial charge in [-0.15, -0.1) is 0 Å². The predicted octanol–water partition coefficient (Wildman–Crippen LogP) is 5.96. The third-order valence-corrected chi connectivity index (χ3v) is 5.42. The Morgan fingerprint density at radius 1 is 0.880 bits per heavy atom. The van der Waals surface area contributed by atoms with E-state index in [0.29, 0.717) is 11.4 Å². The lowest BCUT2D eigenvalue weighted by Gasteiger charge is -2.32. The zero-order chi connectivity index (χ0) is 18.5. The highest BCUT2D eigenvalue weighted by molar-refractivity contribution is 5.96. The van der Waals surface area contributed by atoms with Gasteiger partial charge in [0.1, 0.15) is 6.17 Å². The molecule has 4 heteroatoms. The first-order valence-corrected chi connectivity index (χ1v) is 8.34. The van der Waals surface area contributed by atoms with Crippen molar-refractivity contribution in [2.45, 2.75) is 40.8 Å². The summed E-state index contributed by atoms with van der Waals surface area (Å²) in [5.74, 6) is 0. The Morgan fingerprint density at radius 3 is 2.16 bits per heavy atom. The summed E-state index contributed by atoms with van der Waals surface area (Å²) >= 11 is 0. The Labute approximate surface area is 149 Å². The van der Waals surface area contributed by atoms with Crippen LogP contribution in [0.4, 0.5) is 28.4 Å². The molecule has 1 heterocycles. The quantitative estimate of drug-likeness (QED) is 0.600. The van der Waals surface area contributed by atoms with E-state index in [-0.39, 0.29) is 6.17 Å². The predicted molar refractivity (Wildman–Crippen MR) is 104 cm³/mol. The van der Waals surface area contributed by atoms with Crippen molar-refractivity contribution in [2.24, 2.45) is 0 Å². The molecule has 0 saturated carbocycles. The molecule has 0 spiro atoms. The number of anilines is 3. The third kappa shape index (κ3) is 2.34. The SMILES string of the molecule is [C-]#[N+]c1cc([N+]#[C-])c2c(c1)N(C)[C@H](C)N2c1c(C)cc(C)c(C)c1C. The number of nitrogens with zero attached hydrogens (tertiary/aromatic N) is 4. The molecule has 3 rings (SSSR count). The largest absolute Gasteiger partial charge is 0.355 e. The van der Waals surface area contributed by atoms with E-state index in [1.165, 1.54) is 27.9 Å². The van der Waals surface area contributed by atoms with Gasteiger partial charge in [0.15, 0.2) is 5.69 Å². The zero-order valence-corrected chi connectivity index (χ0v) is 15.6. The Balaban J connectivity index is 2.35. The van der Waals surface area contributed by atoms with E-state index in [4.69, 9.17) is 13.1 Å². The number of hydrogen-bond donors (Lipinski definition) is 0. The number of benzene rings is 2. The van der Waals surface area contributed by atoms with Crippen LogP contribution >= 0.6 is 0 Å². The second-order valence-electron chi connectivity index (χ2n) is 6.78. The number of aryl methyl sites for hydroxylation is 2. The van der Waals surface area contributed by atoms with Crippen LogP contribution in [-0.4, -0.2) is 13.2 Å². The summed E-state index contributed by atoms with van der Waals surface area (Å²) in [7, 11) is 2.02. The smallest absolute Gasteiger partial charge is 0.202 e. The highest BCUT2D eigenvalue weighted by atomic mass is 15.4. The molecule has 25 heavy (non-hydrogen) atoms. The molecule has 1 atom stereocenters. The lowest BCUT2D eigenvalue weighted by atomic mass is 9.97. The van der Waals surface area contributed by atoms with Crippen LogP contribution in [-0.2, 0) is 0 Å². The van der Waals surface area contributed by atoms with Gasteiger partial charge in [-0.25, -0.2) is 9.69 Å². The molecule has 1 aliphatic heterocycles. The average Bonchev–Trinajstić information content (AvgIpc) is 2.84. The van der Waals surface area contributed by atoms with Crippen LogP contribution in [0.3, 0.4) is 0 Å². The first-order chi connectivity index (χ1) is 11.8. The second-order valence-corrected chi connectivity index (χ2v) is 6.78. The van der Waals surface area contributed by atoms with Gasteiger partial charge >= 0.3 is 0 Å². The van der Waals surface area contributed by atoms with Crippen LogP contribution < -0.4 is 9.80 Å². The topological polar surface area (TPSA) is 15.2 Å². The minimum atomic E-state index is 0.0796. The van der Waals surface area contributed by atoms with Gasteiger partial charge in [-0.1, -0.05) is 6.07 Å². The van der Waals surface area contributed by atoms with E-state index >= 15 is 0 Å². The molecule has 0 saturated heterocycles. The van der Waals surface area contributed by atoms with Gasteiger partial charge in [0.2, 0.25) is 5.69 Å². The lowest BCUT2D eigenvalue weighted by Crippen LogP contribution is -2.36. The first-order valence-electron chi connectivity index (χ1n) is 8.34. The molecule has 0 radical (unpaired) electrons. The van der Waals surface area contributed by atoms with Crippen LogP contribution in [0.5, 0.6) is 0 Å². The zero-order valence-electron chi connectivity index (χ0n) is 15.6. The molecule has 126 valence electrons. The van der Waals surface area contributed by atoms with Crippen molar-refractivity contribution in [3.8, 4) is 0 Å². The molecule has 0 N–H and O–H groups in total. The van der Waals surface area contributed by atoms with Crippen LogP contribution in [0.25, 0.3) is 9.69 Å². The maximum Gasteiger partial charge on any atom is 0.202 e. The van der Waals surface area contributed by atoms with Crippen molar-refractivity contribution in [3.63, 3.8) is 0 Å². The van der Waals surface area contributed by atoms with Crippen molar-refractivity contribution < 1.29 is 0 Å². The van der Waals surface area contributed by atoms with Gasteiger partial charge in [-0.3, -0.25) is 0 Å². The Bertz CT molecular complexity index is 960. The Morgan fingerprint density at radius 2 is 1.56 bits per heavy atom. The molecule has 0 fully saturated rings. The van der Waals surface area contributed by atoms with Crippen molar-refractivity contribution in [1.29, 1.82) is 0 Å². The summed E-state index contributed by atoms with van der Waals surface area (Å²) in [6.07, 6.45) is 0.0796. The van der Waals surface area contributed by atoms with Gasteiger partial charge < -0.3 is 9.80 Å². The maximum atomic E-state index is 7.63. The molecule has 0 aliphatic carbocycles. The second kappa shape index (κ2) is 5.83. The normalized spacial score (nSPS) is 15.8.